The number of aliphatic hydroxyl groups is 3. The van der Waals surface area contributed by atoms with Gasteiger partial charge in [0, 0.05) is 30.4 Å². The van der Waals surface area contributed by atoms with Gasteiger partial charge in [0.25, 0.3) is 0 Å². The van der Waals surface area contributed by atoms with Gasteiger partial charge in [0.2, 0.25) is 0 Å². The van der Waals surface area contributed by atoms with E-state index in [1.807, 2.05) is 20.8 Å². The molecule has 5 fully saturated rings. The molecule has 45 heavy (non-hydrogen) atoms. The first-order valence-corrected chi connectivity index (χ1v) is 17.5. The summed E-state index contributed by atoms with van der Waals surface area (Å²) in [5, 5.41) is 39.2. The van der Waals surface area contributed by atoms with Crippen LogP contribution in [0.5, 0.6) is 0 Å². The van der Waals surface area contributed by atoms with E-state index in [2.05, 4.69) is 10.6 Å². The zero-order valence-electron chi connectivity index (χ0n) is 27.4. The fourth-order valence-electron chi connectivity index (χ4n) is 8.89. The molecule has 2 saturated carbocycles. The maximum Gasteiger partial charge on any atom is 0.335 e. The Hall–Kier alpha value is -1.44. The highest BCUT2D eigenvalue weighted by molar-refractivity contribution is 5.89. The van der Waals surface area contributed by atoms with Crippen molar-refractivity contribution < 1.29 is 39.1 Å². The predicted molar refractivity (Wildman–Crippen MR) is 168 cm³/mol. The molecule has 3 saturated heterocycles. The van der Waals surface area contributed by atoms with Crippen molar-refractivity contribution in [2.45, 2.75) is 133 Å². The van der Waals surface area contributed by atoms with Gasteiger partial charge in [0.05, 0.1) is 49.2 Å². The lowest BCUT2D eigenvalue weighted by Crippen LogP contribution is -2.69. The highest BCUT2D eigenvalue weighted by atomic mass is 16.6. The highest BCUT2D eigenvalue weighted by Crippen LogP contribution is 2.53. The lowest BCUT2D eigenvalue weighted by atomic mass is 9.58. The number of fused-ring (bicyclic) bond motifs is 2. The largest absolute Gasteiger partial charge is 0.456 e. The summed E-state index contributed by atoms with van der Waals surface area (Å²) in [6.45, 7) is 7.50. The van der Waals surface area contributed by atoms with Gasteiger partial charge < -0.3 is 45.9 Å². The second kappa shape index (κ2) is 15.2. The lowest BCUT2D eigenvalue weighted by molar-refractivity contribution is -0.292. The van der Waals surface area contributed by atoms with Crippen LogP contribution in [0.4, 0.5) is 0 Å². The maximum atomic E-state index is 13.5. The zero-order chi connectivity index (χ0) is 32.3. The van der Waals surface area contributed by atoms with Crippen LogP contribution >= 0.6 is 0 Å². The number of ether oxygens (including phenoxy) is 3. The van der Waals surface area contributed by atoms with Crippen LogP contribution in [0.3, 0.4) is 0 Å². The minimum Gasteiger partial charge on any atom is -0.456 e. The second-order valence-corrected chi connectivity index (χ2v) is 14.5. The number of likely N-dealkylation sites (N-methyl/N-ethyl adjacent to an activating group) is 1. The van der Waals surface area contributed by atoms with Crippen LogP contribution in [-0.2, 0) is 23.8 Å². The second-order valence-electron chi connectivity index (χ2n) is 14.5. The maximum absolute atomic E-state index is 13.5. The normalized spacial score (nSPS) is 44.2. The van der Waals surface area contributed by atoms with E-state index in [4.69, 9.17) is 19.9 Å². The monoisotopic (exact) mass is 635 g/mol. The number of hydrogen-bond acceptors (Lipinski definition) is 11. The summed E-state index contributed by atoms with van der Waals surface area (Å²) >= 11 is 0. The number of piperidine rings is 1. The highest BCUT2D eigenvalue weighted by Gasteiger charge is 2.62. The predicted octanol–water partition coefficient (Wildman–Crippen LogP) is 1.56. The molecule has 0 aromatic heterocycles. The van der Waals surface area contributed by atoms with E-state index in [1.165, 1.54) is 0 Å². The molecule has 0 aromatic carbocycles. The van der Waals surface area contributed by atoms with Gasteiger partial charge in [0.1, 0.15) is 17.5 Å². The number of ketones is 1. The van der Waals surface area contributed by atoms with E-state index in [0.29, 0.717) is 37.3 Å². The number of carbonyl (C=O) groups is 2. The van der Waals surface area contributed by atoms with Crippen LogP contribution in [0.25, 0.3) is 0 Å². The molecule has 0 aromatic rings. The summed E-state index contributed by atoms with van der Waals surface area (Å²) in [4.78, 5) is 27.1. The van der Waals surface area contributed by atoms with Crippen LogP contribution in [0, 0.1) is 29.6 Å². The van der Waals surface area contributed by atoms with Crippen LogP contribution in [0.2, 0.25) is 0 Å². The molecule has 0 radical (unpaired) electrons. The number of nitrogens with one attached hydrogen (secondary N) is 2. The van der Waals surface area contributed by atoms with Crippen molar-refractivity contribution in [2.75, 3.05) is 26.2 Å². The van der Waals surface area contributed by atoms with Crippen LogP contribution in [0.15, 0.2) is 11.6 Å². The van der Waals surface area contributed by atoms with E-state index in [0.717, 1.165) is 51.6 Å². The number of Topliss-reactive ketones (excluding diaryl/α,β-unsaturated/α-hetero) is 1. The van der Waals surface area contributed by atoms with E-state index in [-0.39, 0.29) is 36.8 Å². The number of nitrogens with two attached hydrogens (primary N) is 1. The smallest absolute Gasteiger partial charge is 0.335 e. The Labute approximate surface area is 268 Å². The number of allylic oxidation sites excluding steroid dienone is 1. The molecule has 256 valence electrons. The van der Waals surface area contributed by atoms with Crippen molar-refractivity contribution in [3.63, 3.8) is 0 Å². The average molecular weight is 636 g/mol. The van der Waals surface area contributed by atoms with Gasteiger partial charge in [-0.05, 0) is 90.1 Å². The molecule has 0 amide bonds. The molecular weight excluding hydrogens is 578 g/mol. The quantitative estimate of drug-likeness (QED) is 0.152. The third-order valence-corrected chi connectivity index (χ3v) is 11.5. The molecule has 3 aliphatic heterocycles. The Morgan fingerprint density at radius 2 is 2.00 bits per heavy atom. The summed E-state index contributed by atoms with van der Waals surface area (Å²) < 4.78 is 19.9. The molecule has 11 heteroatoms. The molecule has 13 unspecified atom stereocenters. The minimum atomic E-state index is -1.03. The summed E-state index contributed by atoms with van der Waals surface area (Å²) in [7, 11) is 0. The molecule has 7 N–H and O–H groups in total. The van der Waals surface area contributed by atoms with Gasteiger partial charge >= 0.3 is 5.97 Å². The van der Waals surface area contributed by atoms with Crippen LogP contribution in [0.1, 0.15) is 85.0 Å². The van der Waals surface area contributed by atoms with Crippen molar-refractivity contribution in [1.29, 1.82) is 0 Å². The average Bonchev–Trinajstić information content (AvgIpc) is 3.02. The fraction of sp³-hybridized carbons (Fsp3) is 0.882. The van der Waals surface area contributed by atoms with Gasteiger partial charge in [0.15, 0.2) is 0 Å². The Kier molecular flexibility index (Phi) is 11.8. The van der Waals surface area contributed by atoms with Gasteiger partial charge in [-0.1, -0.05) is 19.4 Å². The topological polar surface area (TPSA) is 173 Å². The molecule has 3 heterocycles. The van der Waals surface area contributed by atoms with Crippen LogP contribution < -0.4 is 16.4 Å². The van der Waals surface area contributed by atoms with Gasteiger partial charge in [-0.15, -0.1) is 0 Å². The summed E-state index contributed by atoms with van der Waals surface area (Å²) in [5.74, 6) is -1.51. The van der Waals surface area contributed by atoms with Crippen molar-refractivity contribution in [3.8, 4) is 0 Å². The van der Waals surface area contributed by atoms with Crippen molar-refractivity contribution in [1.82, 2.24) is 10.6 Å². The van der Waals surface area contributed by atoms with E-state index in [1.54, 1.807) is 6.08 Å². The Morgan fingerprint density at radius 1 is 1.20 bits per heavy atom. The number of esters is 1. The van der Waals surface area contributed by atoms with Crippen molar-refractivity contribution >= 4 is 11.8 Å². The van der Waals surface area contributed by atoms with Crippen LogP contribution in [-0.4, -0.2) is 102 Å². The van der Waals surface area contributed by atoms with Gasteiger partial charge in [-0.25, -0.2) is 4.79 Å². The summed E-state index contributed by atoms with van der Waals surface area (Å²) in [6.07, 6.45) is 4.88. The standard InChI is InChI=1S/C34H57N3O8/c1-4-20(17-36-5-2)33(42)44-26-15-24-30(41)29-25(40)14-23(18-38)43-32(29)28(21-7-6-8-22(39)13-21)31(24)45-34(26,3)12-11-19-9-10-27(35)37-16-19/h4,19,21-24,26-32,36-39,41H,5-18,35H2,1-3H3. The minimum absolute atomic E-state index is 0.0115. The number of aliphatic hydroxyl groups excluding tert-OH is 3. The molecule has 13 atom stereocenters. The van der Waals surface area contributed by atoms with Gasteiger partial charge in [-0.3, -0.25) is 4.79 Å². The Morgan fingerprint density at radius 3 is 2.67 bits per heavy atom. The SMILES string of the molecule is CC=C(CNCC)C(=O)OC1CC2C(O)C3C(=O)CC(CO)OC3C(C3CCCC(O)C3)C2OC1(C)CCC1CCC(N)NC1. The van der Waals surface area contributed by atoms with E-state index >= 15 is 0 Å². The number of hydrogen-bond donors (Lipinski definition) is 6. The molecule has 0 spiro atoms. The lowest BCUT2D eigenvalue weighted by Gasteiger charge is -2.59. The first kappa shape index (κ1) is 34.9. The van der Waals surface area contributed by atoms with Crippen molar-refractivity contribution in [3.05, 3.63) is 11.6 Å². The summed E-state index contributed by atoms with van der Waals surface area (Å²) in [6, 6.07) is 0. The molecule has 0 bridgehead atoms. The molecule has 2 aliphatic carbocycles. The summed E-state index contributed by atoms with van der Waals surface area (Å²) in [5.41, 5.74) is 5.77. The molecule has 11 nitrogen and oxygen atoms in total. The first-order valence-electron chi connectivity index (χ1n) is 17.5. The molecule has 5 aliphatic rings. The third-order valence-electron chi connectivity index (χ3n) is 11.5. The Balaban J connectivity index is 1.47. The van der Waals surface area contributed by atoms with E-state index in [9.17, 15) is 24.9 Å². The van der Waals surface area contributed by atoms with Crippen molar-refractivity contribution in [2.24, 2.45) is 35.3 Å². The fourth-order valence-corrected chi connectivity index (χ4v) is 8.89. The number of rotatable bonds is 10. The zero-order valence-corrected chi connectivity index (χ0v) is 27.4. The molecular formula is C34H57N3O8. The first-order chi connectivity index (χ1) is 21.6. The third kappa shape index (κ3) is 7.67. The Bertz CT molecular complexity index is 1050. The molecule has 5 rings (SSSR count). The van der Waals surface area contributed by atoms with Gasteiger partial charge in [-0.2, -0.15) is 0 Å². The number of carbonyl (C=O) groups excluding carboxylic acids is 2. The van der Waals surface area contributed by atoms with E-state index < -0.39 is 60.0 Å².